The Morgan fingerprint density at radius 2 is 2.00 bits per heavy atom. The van der Waals surface area contributed by atoms with Crippen molar-refractivity contribution in [3.05, 3.63) is 38.3 Å². The maximum Gasteiger partial charge on any atom is 0.420 e. The first-order valence-corrected chi connectivity index (χ1v) is 6.18. The Hall–Kier alpha value is -0.640. The normalized spacial score (nSPS) is 11.8. The summed E-state index contributed by atoms with van der Waals surface area (Å²) in [5.41, 5.74) is -0.827. The van der Waals surface area contributed by atoms with Gasteiger partial charge in [0.2, 0.25) is 0 Å². The molecule has 0 aromatic carbocycles. The van der Waals surface area contributed by atoms with E-state index in [0.717, 1.165) is 14.3 Å². The van der Waals surface area contributed by atoms with Crippen LogP contribution < -0.4 is 0 Å². The zero-order valence-corrected chi connectivity index (χ0v) is 11.8. The van der Waals surface area contributed by atoms with Crippen LogP contribution in [0.3, 0.4) is 0 Å². The molecule has 2 heterocycles. The predicted octanol–water partition coefficient (Wildman–Crippen LogP) is 3.65. The van der Waals surface area contributed by atoms with Crippen LogP contribution in [0.2, 0.25) is 0 Å². The number of hydrogen-bond donors (Lipinski definition) is 0. The van der Waals surface area contributed by atoms with Gasteiger partial charge in [-0.3, -0.25) is 0 Å². The van der Waals surface area contributed by atoms with E-state index in [0.29, 0.717) is 0 Å². The quantitative estimate of drug-likeness (QED) is 0.663. The van der Waals surface area contributed by atoms with Crippen molar-refractivity contribution in [1.29, 1.82) is 0 Å². The fourth-order valence-electron chi connectivity index (χ4n) is 1.24. The average Bonchev–Trinajstić information content (AvgIpc) is 2.63. The molecular formula is C9H4BrF3IN3. The van der Waals surface area contributed by atoms with Crippen molar-refractivity contribution in [2.75, 3.05) is 0 Å². The first kappa shape index (κ1) is 12.8. The molecule has 0 radical (unpaired) electrons. The fraction of sp³-hybridized carbons (Fsp3) is 0.111. The minimum atomic E-state index is -4.47. The monoisotopic (exact) mass is 417 g/mol. The van der Waals surface area contributed by atoms with E-state index in [-0.39, 0.29) is 10.3 Å². The molecule has 17 heavy (non-hydrogen) atoms. The van der Waals surface area contributed by atoms with E-state index in [2.05, 4.69) is 26.0 Å². The zero-order chi connectivity index (χ0) is 12.6. The van der Waals surface area contributed by atoms with Crippen LogP contribution in [0.5, 0.6) is 0 Å². The molecule has 0 aliphatic heterocycles. The van der Waals surface area contributed by atoms with Crippen LogP contribution >= 0.6 is 38.5 Å². The standard InChI is InChI=1S/C9H4BrF3IN3/c10-5-1-7(9(11,12)13)8(15-2-5)17-4-6(14)3-16-17/h1-4H. The molecule has 0 aliphatic carbocycles. The first-order valence-electron chi connectivity index (χ1n) is 4.31. The molecule has 0 fully saturated rings. The highest BCUT2D eigenvalue weighted by atomic mass is 127. The Labute approximate surface area is 116 Å². The number of nitrogens with zero attached hydrogens (tertiary/aromatic N) is 3. The third kappa shape index (κ3) is 2.79. The van der Waals surface area contributed by atoms with Gasteiger partial charge in [-0.2, -0.15) is 18.3 Å². The summed E-state index contributed by atoms with van der Waals surface area (Å²) >= 11 is 4.94. The van der Waals surface area contributed by atoms with E-state index in [4.69, 9.17) is 0 Å². The van der Waals surface area contributed by atoms with Crippen molar-refractivity contribution in [3.8, 4) is 5.82 Å². The molecule has 2 aromatic heterocycles. The summed E-state index contributed by atoms with van der Waals surface area (Å²) in [6.07, 6.45) is -0.223. The summed E-state index contributed by atoms with van der Waals surface area (Å²) < 4.78 is 40.6. The molecule has 0 N–H and O–H groups in total. The van der Waals surface area contributed by atoms with Crippen LogP contribution in [0, 0.1) is 3.57 Å². The molecule has 0 saturated carbocycles. The lowest BCUT2D eigenvalue weighted by Gasteiger charge is -2.11. The van der Waals surface area contributed by atoms with Crippen molar-refractivity contribution < 1.29 is 13.2 Å². The highest BCUT2D eigenvalue weighted by molar-refractivity contribution is 14.1. The Kier molecular flexibility index (Phi) is 3.43. The molecule has 90 valence electrons. The Morgan fingerprint density at radius 3 is 2.53 bits per heavy atom. The molecule has 0 atom stereocenters. The third-order valence-corrected chi connectivity index (χ3v) is 2.90. The van der Waals surface area contributed by atoms with E-state index < -0.39 is 11.7 Å². The van der Waals surface area contributed by atoms with Crippen LogP contribution in [0.15, 0.2) is 29.1 Å². The lowest BCUT2D eigenvalue weighted by molar-refractivity contribution is -0.137. The molecular weight excluding hydrogens is 414 g/mol. The number of hydrogen-bond acceptors (Lipinski definition) is 2. The second kappa shape index (κ2) is 4.56. The molecule has 0 bridgehead atoms. The van der Waals surface area contributed by atoms with Crippen molar-refractivity contribution >= 4 is 38.5 Å². The van der Waals surface area contributed by atoms with E-state index >= 15 is 0 Å². The zero-order valence-electron chi connectivity index (χ0n) is 8.04. The molecule has 0 aliphatic rings. The van der Waals surface area contributed by atoms with Crippen LogP contribution in [-0.2, 0) is 6.18 Å². The van der Waals surface area contributed by atoms with Gasteiger partial charge in [0.15, 0.2) is 5.82 Å². The van der Waals surface area contributed by atoms with Gasteiger partial charge >= 0.3 is 6.18 Å². The van der Waals surface area contributed by atoms with Crippen LogP contribution in [0.4, 0.5) is 13.2 Å². The topological polar surface area (TPSA) is 30.7 Å². The first-order chi connectivity index (χ1) is 7.88. The summed E-state index contributed by atoms with van der Waals surface area (Å²) in [6.45, 7) is 0. The summed E-state index contributed by atoms with van der Waals surface area (Å²) in [7, 11) is 0. The summed E-state index contributed by atoms with van der Waals surface area (Å²) in [6, 6.07) is 0.983. The molecule has 8 heteroatoms. The van der Waals surface area contributed by atoms with Crippen LogP contribution in [0.1, 0.15) is 5.56 Å². The minimum Gasteiger partial charge on any atom is -0.235 e. The van der Waals surface area contributed by atoms with Gasteiger partial charge in [0.05, 0.1) is 9.77 Å². The molecule has 2 rings (SSSR count). The van der Waals surface area contributed by atoms with E-state index in [9.17, 15) is 13.2 Å². The second-order valence-corrected chi connectivity index (χ2v) is 5.29. The smallest absolute Gasteiger partial charge is 0.235 e. The Bertz CT molecular complexity index is 553. The SMILES string of the molecule is FC(F)(F)c1cc(Br)cnc1-n1cc(I)cn1. The van der Waals surface area contributed by atoms with Gasteiger partial charge in [-0.1, -0.05) is 0 Å². The number of rotatable bonds is 1. The average molecular weight is 418 g/mol. The van der Waals surface area contributed by atoms with Gasteiger partial charge in [0, 0.05) is 16.9 Å². The predicted molar refractivity (Wildman–Crippen MR) is 66.8 cm³/mol. The molecule has 2 aromatic rings. The molecule has 0 amide bonds. The van der Waals surface area contributed by atoms with Gasteiger partial charge in [0.25, 0.3) is 0 Å². The second-order valence-electron chi connectivity index (χ2n) is 3.13. The van der Waals surface area contributed by atoms with Crippen LogP contribution in [-0.4, -0.2) is 14.8 Å². The number of halogens is 5. The third-order valence-electron chi connectivity index (χ3n) is 1.91. The highest BCUT2D eigenvalue weighted by Gasteiger charge is 2.35. The lowest BCUT2D eigenvalue weighted by Crippen LogP contribution is -2.12. The number of aromatic nitrogens is 3. The van der Waals surface area contributed by atoms with Gasteiger partial charge in [-0.25, -0.2) is 9.67 Å². The van der Waals surface area contributed by atoms with Crippen LogP contribution in [0.25, 0.3) is 5.82 Å². The van der Waals surface area contributed by atoms with Gasteiger partial charge in [-0.15, -0.1) is 0 Å². The number of alkyl halides is 3. The minimum absolute atomic E-state index is 0.233. The Balaban J connectivity index is 2.61. The van der Waals surface area contributed by atoms with Crippen molar-refractivity contribution in [3.63, 3.8) is 0 Å². The van der Waals surface area contributed by atoms with E-state index in [1.807, 2.05) is 22.6 Å². The molecule has 0 spiro atoms. The van der Waals surface area contributed by atoms with Crippen molar-refractivity contribution in [1.82, 2.24) is 14.8 Å². The van der Waals surface area contributed by atoms with Crippen molar-refractivity contribution in [2.24, 2.45) is 0 Å². The molecule has 3 nitrogen and oxygen atoms in total. The lowest BCUT2D eigenvalue weighted by atomic mass is 10.2. The van der Waals surface area contributed by atoms with Gasteiger partial charge < -0.3 is 0 Å². The maximum absolute atomic E-state index is 12.8. The maximum atomic E-state index is 12.8. The Morgan fingerprint density at radius 1 is 1.29 bits per heavy atom. The summed E-state index contributed by atoms with van der Waals surface area (Å²) in [4.78, 5) is 3.76. The van der Waals surface area contributed by atoms with E-state index in [1.165, 1.54) is 18.6 Å². The summed E-state index contributed by atoms with van der Waals surface area (Å²) in [5, 5.41) is 3.82. The molecule has 0 unspecified atom stereocenters. The van der Waals surface area contributed by atoms with Crippen molar-refractivity contribution in [2.45, 2.75) is 6.18 Å². The fourth-order valence-corrected chi connectivity index (χ4v) is 1.96. The van der Waals surface area contributed by atoms with Gasteiger partial charge in [0.1, 0.15) is 5.56 Å². The van der Waals surface area contributed by atoms with Gasteiger partial charge in [-0.05, 0) is 44.6 Å². The number of pyridine rings is 1. The molecule has 0 saturated heterocycles. The van der Waals surface area contributed by atoms with E-state index in [1.54, 1.807) is 0 Å². The largest absolute Gasteiger partial charge is 0.420 e. The summed E-state index contributed by atoms with van der Waals surface area (Å²) in [5.74, 6) is -0.233. The highest BCUT2D eigenvalue weighted by Crippen LogP contribution is 2.34.